The van der Waals surface area contributed by atoms with E-state index < -0.39 is 10.0 Å². The first-order valence-electron chi connectivity index (χ1n) is 12.5. The number of aryl methyl sites for hydroxylation is 1. The number of para-hydroxylation sites is 1. The molecular formula is C29H33N3O4S. The summed E-state index contributed by atoms with van der Waals surface area (Å²) < 4.78 is 27.4. The summed E-state index contributed by atoms with van der Waals surface area (Å²) in [4.78, 5) is 26.1. The fourth-order valence-electron chi connectivity index (χ4n) is 4.58. The third-order valence-corrected chi connectivity index (χ3v) is 8.72. The van der Waals surface area contributed by atoms with Gasteiger partial charge in [0, 0.05) is 19.0 Å². The lowest BCUT2D eigenvalue weighted by molar-refractivity contribution is -0.120. The normalized spacial score (nSPS) is 15.6. The maximum absolute atomic E-state index is 13.1. The van der Waals surface area contributed by atoms with Crippen molar-refractivity contribution < 1.29 is 18.0 Å². The van der Waals surface area contributed by atoms with E-state index in [1.807, 2.05) is 68.4 Å². The number of carbonyl (C=O) groups is 2. The van der Waals surface area contributed by atoms with Crippen LogP contribution in [0.1, 0.15) is 52.9 Å². The molecule has 0 spiro atoms. The molecule has 2 N–H and O–H groups in total. The summed E-state index contributed by atoms with van der Waals surface area (Å²) in [6.45, 7) is 4.41. The number of amides is 2. The standard InChI is InChI=1S/C29H33N3O4S/c1-21-10-6-7-13-25(21)20-37(35,36)32-18-16-24(17-19-32)28(33)31-27-15-9-8-14-26(27)29(34)30-22(2)23-11-4-3-5-12-23/h3-15,22,24H,16-20H2,1-2H3,(H,30,34)(H,31,33)/t22-/m0/s1. The zero-order valence-electron chi connectivity index (χ0n) is 21.2. The van der Waals surface area contributed by atoms with Crippen molar-refractivity contribution in [3.63, 3.8) is 0 Å². The minimum Gasteiger partial charge on any atom is -0.345 e. The first kappa shape index (κ1) is 26.6. The van der Waals surface area contributed by atoms with Crippen LogP contribution >= 0.6 is 0 Å². The van der Waals surface area contributed by atoms with Crippen molar-refractivity contribution in [2.45, 2.75) is 38.5 Å². The van der Waals surface area contributed by atoms with Crippen LogP contribution in [-0.2, 0) is 20.6 Å². The Morgan fingerprint density at radius 2 is 1.54 bits per heavy atom. The molecule has 0 radical (unpaired) electrons. The van der Waals surface area contributed by atoms with Gasteiger partial charge in [-0.2, -0.15) is 0 Å². The molecule has 1 atom stereocenters. The van der Waals surface area contributed by atoms with Crippen LogP contribution in [0.15, 0.2) is 78.9 Å². The van der Waals surface area contributed by atoms with E-state index in [1.54, 1.807) is 24.3 Å². The van der Waals surface area contributed by atoms with Gasteiger partial charge in [-0.15, -0.1) is 0 Å². The third-order valence-electron chi connectivity index (χ3n) is 6.89. The van der Waals surface area contributed by atoms with E-state index in [1.165, 1.54) is 4.31 Å². The Morgan fingerprint density at radius 3 is 2.24 bits per heavy atom. The number of piperidine rings is 1. The molecule has 194 valence electrons. The van der Waals surface area contributed by atoms with Crippen molar-refractivity contribution in [3.05, 3.63) is 101 Å². The van der Waals surface area contributed by atoms with Gasteiger partial charge >= 0.3 is 0 Å². The van der Waals surface area contributed by atoms with Crippen LogP contribution in [0, 0.1) is 12.8 Å². The molecule has 37 heavy (non-hydrogen) atoms. The van der Waals surface area contributed by atoms with Crippen LogP contribution in [0.3, 0.4) is 0 Å². The van der Waals surface area contributed by atoms with Gasteiger partial charge in [0.2, 0.25) is 15.9 Å². The average Bonchev–Trinajstić information content (AvgIpc) is 2.90. The summed E-state index contributed by atoms with van der Waals surface area (Å²) in [5.41, 5.74) is 3.55. The molecule has 0 saturated carbocycles. The van der Waals surface area contributed by atoms with Crippen LogP contribution in [0.2, 0.25) is 0 Å². The van der Waals surface area contributed by atoms with Crippen molar-refractivity contribution >= 4 is 27.5 Å². The summed E-state index contributed by atoms with van der Waals surface area (Å²) in [6.07, 6.45) is 0.858. The average molecular weight is 520 g/mol. The highest BCUT2D eigenvalue weighted by atomic mass is 32.2. The number of benzene rings is 3. The number of anilines is 1. The van der Waals surface area contributed by atoms with Gasteiger partial charge in [-0.1, -0.05) is 66.7 Å². The molecule has 4 rings (SSSR count). The Kier molecular flexibility index (Phi) is 8.41. The van der Waals surface area contributed by atoms with Crippen LogP contribution in [0.5, 0.6) is 0 Å². The Morgan fingerprint density at radius 1 is 0.919 bits per heavy atom. The third kappa shape index (κ3) is 6.64. The van der Waals surface area contributed by atoms with Gasteiger partial charge in [0.15, 0.2) is 0 Å². The second-order valence-corrected chi connectivity index (χ2v) is 11.5. The molecule has 0 aromatic heterocycles. The van der Waals surface area contributed by atoms with E-state index in [0.29, 0.717) is 37.2 Å². The molecule has 1 fully saturated rings. The summed E-state index contributed by atoms with van der Waals surface area (Å²) in [6, 6.07) is 23.9. The largest absolute Gasteiger partial charge is 0.345 e. The molecule has 3 aromatic rings. The second-order valence-electron chi connectivity index (χ2n) is 9.50. The molecule has 1 aliphatic heterocycles. The zero-order valence-corrected chi connectivity index (χ0v) is 22.0. The smallest absolute Gasteiger partial charge is 0.253 e. The van der Waals surface area contributed by atoms with Crippen LogP contribution in [0.4, 0.5) is 5.69 Å². The fraction of sp³-hybridized carbons (Fsp3) is 0.310. The minimum absolute atomic E-state index is 0.0412. The highest BCUT2D eigenvalue weighted by Crippen LogP contribution is 2.25. The molecule has 1 aliphatic rings. The number of rotatable bonds is 8. The van der Waals surface area contributed by atoms with Crippen LogP contribution in [-0.4, -0.2) is 37.6 Å². The van der Waals surface area contributed by atoms with Gasteiger partial charge in [-0.05, 0) is 55.5 Å². The lowest BCUT2D eigenvalue weighted by Gasteiger charge is -2.31. The first-order valence-corrected chi connectivity index (χ1v) is 14.1. The SMILES string of the molecule is Cc1ccccc1CS(=O)(=O)N1CCC(C(=O)Nc2ccccc2C(=O)N[C@@H](C)c2ccccc2)CC1. The van der Waals surface area contributed by atoms with Crippen molar-refractivity contribution in [3.8, 4) is 0 Å². The Labute approximate surface area is 218 Å². The molecule has 8 heteroatoms. The van der Waals surface area contributed by atoms with E-state index in [2.05, 4.69) is 10.6 Å². The van der Waals surface area contributed by atoms with Gasteiger partial charge in [-0.3, -0.25) is 9.59 Å². The molecule has 1 heterocycles. The van der Waals surface area contributed by atoms with Crippen LogP contribution < -0.4 is 10.6 Å². The lowest BCUT2D eigenvalue weighted by Crippen LogP contribution is -2.42. The van der Waals surface area contributed by atoms with E-state index in [9.17, 15) is 18.0 Å². The van der Waals surface area contributed by atoms with Crippen molar-refractivity contribution in [2.75, 3.05) is 18.4 Å². The lowest BCUT2D eigenvalue weighted by atomic mass is 9.97. The molecular weight excluding hydrogens is 486 g/mol. The van der Waals surface area contributed by atoms with Crippen molar-refractivity contribution in [2.24, 2.45) is 5.92 Å². The maximum Gasteiger partial charge on any atom is 0.253 e. The highest BCUT2D eigenvalue weighted by molar-refractivity contribution is 7.88. The molecule has 2 amide bonds. The number of carbonyl (C=O) groups excluding carboxylic acids is 2. The topological polar surface area (TPSA) is 95.6 Å². The number of sulfonamides is 1. The van der Waals surface area contributed by atoms with Gasteiger partial charge in [0.1, 0.15) is 0 Å². The molecule has 0 aliphatic carbocycles. The van der Waals surface area contributed by atoms with E-state index in [4.69, 9.17) is 0 Å². The maximum atomic E-state index is 13.1. The van der Waals surface area contributed by atoms with Gasteiger partial charge < -0.3 is 10.6 Å². The second kappa shape index (κ2) is 11.7. The molecule has 0 bridgehead atoms. The van der Waals surface area contributed by atoms with Gasteiger partial charge in [-0.25, -0.2) is 12.7 Å². The monoisotopic (exact) mass is 519 g/mol. The fourth-order valence-corrected chi connectivity index (χ4v) is 6.25. The summed E-state index contributed by atoms with van der Waals surface area (Å²) >= 11 is 0. The Balaban J connectivity index is 1.36. The first-order chi connectivity index (χ1) is 17.7. The van der Waals surface area contributed by atoms with Gasteiger partial charge in [0.25, 0.3) is 5.91 Å². The number of nitrogens with zero attached hydrogens (tertiary/aromatic N) is 1. The Hall–Kier alpha value is -3.49. The van der Waals surface area contributed by atoms with Crippen molar-refractivity contribution in [1.82, 2.24) is 9.62 Å². The molecule has 0 unspecified atom stereocenters. The molecule has 1 saturated heterocycles. The van der Waals surface area contributed by atoms with E-state index >= 15 is 0 Å². The minimum atomic E-state index is -3.47. The summed E-state index contributed by atoms with van der Waals surface area (Å²) in [5, 5.41) is 5.90. The number of nitrogens with one attached hydrogen (secondary N) is 2. The predicted molar refractivity (Wildman–Crippen MR) is 145 cm³/mol. The zero-order chi connectivity index (χ0) is 26.4. The summed E-state index contributed by atoms with van der Waals surface area (Å²) in [7, 11) is -3.47. The quantitative estimate of drug-likeness (QED) is 0.452. The molecule has 7 nitrogen and oxygen atoms in total. The van der Waals surface area contributed by atoms with Crippen molar-refractivity contribution in [1.29, 1.82) is 0 Å². The number of hydrogen-bond donors (Lipinski definition) is 2. The molecule has 3 aromatic carbocycles. The Bertz CT molecular complexity index is 1350. The predicted octanol–water partition coefficient (Wildman–Crippen LogP) is 4.67. The van der Waals surface area contributed by atoms with E-state index in [-0.39, 0.29) is 29.5 Å². The number of hydrogen-bond acceptors (Lipinski definition) is 4. The highest BCUT2D eigenvalue weighted by Gasteiger charge is 2.32. The van der Waals surface area contributed by atoms with Crippen LogP contribution in [0.25, 0.3) is 0 Å². The van der Waals surface area contributed by atoms with Gasteiger partial charge in [0.05, 0.1) is 23.0 Å². The summed E-state index contributed by atoms with van der Waals surface area (Å²) in [5.74, 6) is -0.846. The van der Waals surface area contributed by atoms with E-state index in [0.717, 1.165) is 16.7 Å².